The minimum atomic E-state index is -3.82. The lowest BCUT2D eigenvalue weighted by Gasteiger charge is -2.10. The maximum atomic E-state index is 13.2. The predicted octanol–water partition coefficient (Wildman–Crippen LogP) is 3.65. The van der Waals surface area contributed by atoms with Crippen LogP contribution in [0.1, 0.15) is 0 Å². The van der Waals surface area contributed by atoms with E-state index in [0.717, 1.165) is 10.3 Å². The Kier molecular flexibility index (Phi) is 3.85. The molecule has 8 heteroatoms. The summed E-state index contributed by atoms with van der Waals surface area (Å²) in [6.07, 6.45) is 3.15. The molecule has 0 aliphatic rings. The highest BCUT2D eigenvalue weighted by atomic mass is 32.2. The van der Waals surface area contributed by atoms with Gasteiger partial charge in [-0.05, 0) is 42.7 Å². The first kappa shape index (κ1) is 15.9. The number of fused-ring (bicyclic) bond motifs is 1. The maximum Gasteiger partial charge on any atom is 0.268 e. The molecule has 0 spiro atoms. The number of hydrogen-bond acceptors (Lipinski definition) is 6. The van der Waals surface area contributed by atoms with E-state index in [-0.39, 0.29) is 10.8 Å². The monoisotopic (exact) mass is 371 g/mol. The Morgan fingerprint density at radius 3 is 2.56 bits per heavy atom. The summed E-state index contributed by atoms with van der Waals surface area (Å²) in [6.45, 7) is 0. The third kappa shape index (κ3) is 2.63. The van der Waals surface area contributed by atoms with Crippen molar-refractivity contribution in [2.75, 3.05) is 6.26 Å². The molecule has 25 heavy (non-hydrogen) atoms. The summed E-state index contributed by atoms with van der Waals surface area (Å²) in [5, 5.41) is 8.35. The smallest absolute Gasteiger partial charge is 0.268 e. The van der Waals surface area contributed by atoms with Crippen molar-refractivity contribution < 1.29 is 12.8 Å². The van der Waals surface area contributed by atoms with Gasteiger partial charge in [0.25, 0.3) is 15.9 Å². The largest absolute Gasteiger partial charge is 0.422 e. The van der Waals surface area contributed by atoms with E-state index in [1.165, 1.54) is 10.4 Å². The first-order chi connectivity index (χ1) is 12.1. The van der Waals surface area contributed by atoms with Crippen molar-refractivity contribution in [2.45, 2.75) is 9.79 Å². The van der Waals surface area contributed by atoms with Crippen molar-refractivity contribution in [3.8, 4) is 11.6 Å². The van der Waals surface area contributed by atoms with Crippen LogP contribution in [0.4, 0.5) is 0 Å². The normalized spacial score (nSPS) is 11.9. The molecule has 0 N–H and O–H groups in total. The predicted molar refractivity (Wildman–Crippen MR) is 96.0 cm³/mol. The van der Waals surface area contributed by atoms with Crippen LogP contribution >= 0.6 is 11.8 Å². The van der Waals surface area contributed by atoms with Gasteiger partial charge in [-0.15, -0.1) is 22.0 Å². The highest BCUT2D eigenvalue weighted by molar-refractivity contribution is 7.98. The van der Waals surface area contributed by atoms with Gasteiger partial charge in [-0.2, -0.15) is 0 Å². The lowest BCUT2D eigenvalue weighted by molar-refractivity contribution is 0.562. The van der Waals surface area contributed by atoms with E-state index >= 15 is 0 Å². The van der Waals surface area contributed by atoms with E-state index in [1.807, 2.05) is 18.4 Å². The van der Waals surface area contributed by atoms with Crippen LogP contribution in [0.3, 0.4) is 0 Å². The Morgan fingerprint density at radius 2 is 1.88 bits per heavy atom. The molecule has 0 aliphatic heterocycles. The molecule has 2 aromatic carbocycles. The minimum absolute atomic E-state index is 0.154. The molecule has 0 saturated heterocycles. The van der Waals surface area contributed by atoms with Crippen molar-refractivity contribution in [3.63, 3.8) is 0 Å². The molecule has 4 aromatic rings. The SMILES string of the molecule is CSc1ccc2c(c1)cc(-c1nnco1)n2S(=O)(=O)c1ccccc1. The van der Waals surface area contributed by atoms with Gasteiger partial charge in [-0.25, -0.2) is 12.4 Å². The molecule has 0 bridgehead atoms. The van der Waals surface area contributed by atoms with Crippen LogP contribution in [-0.2, 0) is 10.0 Å². The van der Waals surface area contributed by atoms with E-state index < -0.39 is 10.0 Å². The molecule has 0 radical (unpaired) electrons. The second-order valence-corrected chi connectivity index (χ2v) is 7.95. The summed E-state index contributed by atoms with van der Waals surface area (Å²) in [5.74, 6) is 0.154. The molecular weight excluding hydrogens is 358 g/mol. The van der Waals surface area contributed by atoms with Crippen LogP contribution in [-0.4, -0.2) is 28.8 Å². The van der Waals surface area contributed by atoms with Gasteiger partial charge in [-0.1, -0.05) is 18.2 Å². The van der Waals surface area contributed by atoms with Gasteiger partial charge in [0.15, 0.2) is 0 Å². The number of benzene rings is 2. The van der Waals surface area contributed by atoms with Gasteiger partial charge in [0.2, 0.25) is 6.39 Å². The van der Waals surface area contributed by atoms with Crippen LogP contribution < -0.4 is 0 Å². The molecule has 0 saturated carbocycles. The molecule has 2 heterocycles. The van der Waals surface area contributed by atoms with Gasteiger partial charge in [-0.3, -0.25) is 0 Å². The molecule has 0 aliphatic carbocycles. The standard InChI is InChI=1S/C17H13N3O3S2/c1-24-13-7-8-15-12(9-13)10-16(17-19-18-11-23-17)20(15)25(21,22)14-5-3-2-4-6-14/h2-11H,1H3. The minimum Gasteiger partial charge on any atom is -0.422 e. The number of aromatic nitrogens is 3. The number of hydrogen-bond donors (Lipinski definition) is 0. The van der Waals surface area contributed by atoms with Crippen molar-refractivity contribution in [1.82, 2.24) is 14.2 Å². The summed E-state index contributed by atoms with van der Waals surface area (Å²) in [7, 11) is -3.82. The second-order valence-electron chi connectivity index (χ2n) is 5.28. The number of rotatable bonds is 4. The average Bonchev–Trinajstić information content (AvgIpc) is 3.29. The third-order valence-corrected chi connectivity index (χ3v) is 6.29. The highest BCUT2D eigenvalue weighted by Crippen LogP contribution is 2.33. The zero-order valence-electron chi connectivity index (χ0n) is 13.2. The van der Waals surface area contributed by atoms with Gasteiger partial charge in [0, 0.05) is 10.3 Å². The molecule has 126 valence electrons. The Balaban J connectivity index is 2.06. The molecule has 4 rings (SSSR count). The molecule has 0 atom stereocenters. The van der Waals surface area contributed by atoms with Crippen LogP contribution in [0.25, 0.3) is 22.5 Å². The lowest BCUT2D eigenvalue weighted by Crippen LogP contribution is -2.14. The fourth-order valence-corrected chi connectivity index (χ4v) is 4.66. The topological polar surface area (TPSA) is 78.0 Å². The fraction of sp³-hybridized carbons (Fsp3) is 0.0588. The Bertz CT molecular complexity index is 1130. The number of nitrogens with zero attached hydrogens (tertiary/aromatic N) is 3. The molecular formula is C17H13N3O3S2. The molecule has 0 fully saturated rings. The van der Waals surface area contributed by atoms with Crippen LogP contribution in [0, 0.1) is 0 Å². The fourth-order valence-electron chi connectivity index (χ4n) is 2.69. The molecule has 0 unspecified atom stereocenters. The lowest BCUT2D eigenvalue weighted by atomic mass is 10.2. The first-order valence-corrected chi connectivity index (χ1v) is 10.0. The second kappa shape index (κ2) is 6.05. The van der Waals surface area contributed by atoms with Crippen molar-refractivity contribution in [1.29, 1.82) is 0 Å². The average molecular weight is 371 g/mol. The zero-order chi connectivity index (χ0) is 17.4. The Hall–Kier alpha value is -2.58. The van der Waals surface area contributed by atoms with Crippen LogP contribution in [0.15, 0.2) is 75.2 Å². The molecule has 6 nitrogen and oxygen atoms in total. The zero-order valence-corrected chi connectivity index (χ0v) is 14.8. The summed E-state index contributed by atoms with van der Waals surface area (Å²) in [6, 6.07) is 15.7. The van der Waals surface area contributed by atoms with Gasteiger partial charge in [0.1, 0.15) is 5.69 Å². The Morgan fingerprint density at radius 1 is 1.08 bits per heavy atom. The number of thioether (sulfide) groups is 1. The van der Waals surface area contributed by atoms with Gasteiger partial charge >= 0.3 is 0 Å². The molecule has 0 amide bonds. The first-order valence-electron chi connectivity index (χ1n) is 7.38. The van der Waals surface area contributed by atoms with Crippen molar-refractivity contribution in [3.05, 3.63) is 61.0 Å². The Labute approximate surface area is 148 Å². The van der Waals surface area contributed by atoms with E-state index in [9.17, 15) is 8.42 Å². The van der Waals surface area contributed by atoms with E-state index in [2.05, 4.69) is 10.2 Å². The van der Waals surface area contributed by atoms with Gasteiger partial charge in [0.05, 0.1) is 10.4 Å². The summed E-state index contributed by atoms with van der Waals surface area (Å²) in [4.78, 5) is 1.24. The van der Waals surface area contributed by atoms with Crippen LogP contribution in [0.5, 0.6) is 0 Å². The maximum absolute atomic E-state index is 13.2. The summed E-state index contributed by atoms with van der Waals surface area (Å²) in [5.41, 5.74) is 0.907. The summed E-state index contributed by atoms with van der Waals surface area (Å²) < 4.78 is 33.0. The van der Waals surface area contributed by atoms with Crippen molar-refractivity contribution >= 4 is 32.7 Å². The quantitative estimate of drug-likeness (QED) is 0.510. The highest BCUT2D eigenvalue weighted by Gasteiger charge is 2.25. The van der Waals surface area contributed by atoms with Gasteiger partial charge < -0.3 is 4.42 Å². The van der Waals surface area contributed by atoms with Crippen LogP contribution in [0.2, 0.25) is 0 Å². The van der Waals surface area contributed by atoms with E-state index in [1.54, 1.807) is 54.2 Å². The third-order valence-electron chi connectivity index (χ3n) is 3.83. The van der Waals surface area contributed by atoms with Crippen molar-refractivity contribution in [2.24, 2.45) is 0 Å². The molecule has 2 aromatic heterocycles. The van der Waals surface area contributed by atoms with E-state index in [0.29, 0.717) is 11.2 Å². The van der Waals surface area contributed by atoms with E-state index in [4.69, 9.17) is 4.42 Å². The summed E-state index contributed by atoms with van der Waals surface area (Å²) >= 11 is 1.59.